The van der Waals surface area contributed by atoms with Crippen LogP contribution in [0.25, 0.3) is 0 Å². The summed E-state index contributed by atoms with van der Waals surface area (Å²) in [6.07, 6.45) is 2.02. The lowest BCUT2D eigenvalue weighted by Gasteiger charge is -2.01. The summed E-state index contributed by atoms with van der Waals surface area (Å²) in [7, 11) is 0. The van der Waals surface area contributed by atoms with Gasteiger partial charge in [-0.2, -0.15) is 0 Å². The number of carbonyl (C=O) groups excluding carboxylic acids is 1. The number of halogens is 1. The zero-order chi connectivity index (χ0) is 10.4. The molecule has 0 aromatic heterocycles. The van der Waals surface area contributed by atoms with Gasteiger partial charge in [0.2, 0.25) is 0 Å². The minimum atomic E-state index is 0.212. The fourth-order valence-electron chi connectivity index (χ4n) is 1.31. The number of aryl methyl sites for hydroxylation is 1. The first-order chi connectivity index (χ1) is 6.76. The van der Waals surface area contributed by atoms with Crippen molar-refractivity contribution in [3.8, 4) is 0 Å². The number of hydrogen-bond acceptors (Lipinski definition) is 1. The molecule has 0 saturated heterocycles. The number of carbonyl (C=O) groups is 1. The molecule has 0 spiro atoms. The molecule has 0 amide bonds. The Hall–Kier alpha value is -0.820. The lowest BCUT2D eigenvalue weighted by molar-refractivity contribution is -0.118. The molecule has 0 aliphatic rings. The maximum atomic E-state index is 11.3. The van der Waals surface area contributed by atoms with Crippen molar-refractivity contribution in [3.63, 3.8) is 0 Å². The van der Waals surface area contributed by atoms with Gasteiger partial charge in [0, 0.05) is 18.7 Å². The van der Waals surface area contributed by atoms with Crippen LogP contribution in [0.4, 0.5) is 0 Å². The Kier molecular flexibility index (Phi) is 4.68. The monoisotopic (exact) mass is 210 g/mol. The number of alkyl halides is 1. The lowest BCUT2D eigenvalue weighted by atomic mass is 10.0. The van der Waals surface area contributed by atoms with E-state index in [2.05, 4.69) is 19.1 Å². The second kappa shape index (κ2) is 5.82. The second-order valence-corrected chi connectivity index (χ2v) is 3.70. The van der Waals surface area contributed by atoms with E-state index >= 15 is 0 Å². The van der Waals surface area contributed by atoms with Crippen molar-refractivity contribution in [1.29, 1.82) is 0 Å². The molecular formula is C12H15ClO. The third-order valence-corrected chi connectivity index (χ3v) is 2.39. The molecular weight excluding hydrogens is 196 g/mol. The predicted octanol–water partition coefficient (Wildman–Crippen LogP) is 2.99. The second-order valence-electron chi connectivity index (χ2n) is 3.32. The van der Waals surface area contributed by atoms with Crippen LogP contribution in [-0.2, 0) is 17.6 Å². The Balaban J connectivity index is 2.55. The predicted molar refractivity (Wildman–Crippen MR) is 59.9 cm³/mol. The fourth-order valence-corrected chi connectivity index (χ4v) is 1.53. The van der Waals surface area contributed by atoms with E-state index in [1.807, 2.05) is 12.1 Å². The van der Waals surface area contributed by atoms with E-state index in [4.69, 9.17) is 11.6 Å². The van der Waals surface area contributed by atoms with E-state index in [0.29, 0.717) is 18.7 Å². The maximum Gasteiger partial charge on any atom is 0.138 e. The maximum absolute atomic E-state index is 11.3. The molecule has 0 saturated carbocycles. The number of Topliss-reactive ketones (excluding diaryl/α,β-unsaturated/α-hetero) is 1. The summed E-state index contributed by atoms with van der Waals surface area (Å²) in [5.74, 6) is 0.635. The minimum absolute atomic E-state index is 0.212. The molecule has 0 aliphatic heterocycles. The molecule has 1 aromatic carbocycles. The van der Waals surface area contributed by atoms with Crippen molar-refractivity contribution in [1.82, 2.24) is 0 Å². The molecule has 0 heterocycles. The minimum Gasteiger partial charge on any atom is -0.299 e. The highest BCUT2D eigenvalue weighted by atomic mass is 35.5. The highest BCUT2D eigenvalue weighted by molar-refractivity contribution is 6.19. The average Bonchev–Trinajstić information content (AvgIpc) is 2.19. The lowest BCUT2D eigenvalue weighted by Crippen LogP contribution is -2.02. The molecule has 1 aromatic rings. The van der Waals surface area contributed by atoms with E-state index in [1.54, 1.807) is 0 Å². The Bertz CT molecular complexity index is 290. The molecule has 14 heavy (non-hydrogen) atoms. The normalized spacial score (nSPS) is 10.1. The van der Waals surface area contributed by atoms with Crippen molar-refractivity contribution in [3.05, 3.63) is 35.4 Å². The Labute approximate surface area is 90.1 Å². The smallest absolute Gasteiger partial charge is 0.138 e. The molecule has 0 aliphatic carbocycles. The summed E-state index contributed by atoms with van der Waals surface area (Å²) in [5.41, 5.74) is 2.39. The van der Waals surface area contributed by atoms with E-state index in [9.17, 15) is 4.79 Å². The Morgan fingerprint density at radius 3 is 2.29 bits per heavy atom. The fraction of sp³-hybridized carbons (Fsp3) is 0.417. The summed E-state index contributed by atoms with van der Waals surface area (Å²) in [4.78, 5) is 11.3. The first kappa shape index (κ1) is 11.3. The standard InChI is InChI=1S/C12H15ClO/c1-2-10-3-5-11(6-4-10)9-12(14)7-8-13/h3-6H,2,7-9H2,1H3. The number of benzene rings is 1. The molecule has 0 N–H and O–H groups in total. The highest BCUT2D eigenvalue weighted by Gasteiger charge is 2.02. The number of hydrogen-bond donors (Lipinski definition) is 0. The largest absolute Gasteiger partial charge is 0.299 e. The molecule has 0 fully saturated rings. The number of ketones is 1. The summed E-state index contributed by atoms with van der Waals surface area (Å²) < 4.78 is 0. The zero-order valence-electron chi connectivity index (χ0n) is 8.42. The van der Waals surface area contributed by atoms with E-state index in [1.165, 1.54) is 5.56 Å². The van der Waals surface area contributed by atoms with Gasteiger partial charge >= 0.3 is 0 Å². The molecule has 1 rings (SSSR count). The van der Waals surface area contributed by atoms with E-state index in [-0.39, 0.29) is 5.78 Å². The Morgan fingerprint density at radius 1 is 1.21 bits per heavy atom. The van der Waals surface area contributed by atoms with Gasteiger partial charge in [-0.3, -0.25) is 4.79 Å². The summed E-state index contributed by atoms with van der Waals surface area (Å²) in [5, 5.41) is 0. The van der Waals surface area contributed by atoms with Crippen LogP contribution < -0.4 is 0 Å². The van der Waals surface area contributed by atoms with Crippen molar-refractivity contribution in [2.45, 2.75) is 26.2 Å². The van der Waals surface area contributed by atoms with Crippen molar-refractivity contribution < 1.29 is 4.79 Å². The van der Waals surface area contributed by atoms with Crippen LogP contribution in [0.2, 0.25) is 0 Å². The first-order valence-electron chi connectivity index (χ1n) is 4.91. The molecule has 76 valence electrons. The van der Waals surface area contributed by atoms with Crippen LogP contribution in [0.15, 0.2) is 24.3 Å². The summed E-state index contributed by atoms with van der Waals surface area (Å²) in [6.45, 7) is 2.12. The quantitative estimate of drug-likeness (QED) is 0.683. The van der Waals surface area contributed by atoms with Gasteiger partial charge < -0.3 is 0 Å². The third kappa shape index (κ3) is 3.51. The van der Waals surface area contributed by atoms with Gasteiger partial charge in [-0.15, -0.1) is 11.6 Å². The van der Waals surface area contributed by atoms with Crippen LogP contribution in [-0.4, -0.2) is 11.7 Å². The topological polar surface area (TPSA) is 17.1 Å². The number of rotatable bonds is 5. The van der Waals surface area contributed by atoms with Crippen molar-refractivity contribution >= 4 is 17.4 Å². The van der Waals surface area contributed by atoms with Gasteiger partial charge in [-0.05, 0) is 17.5 Å². The van der Waals surface area contributed by atoms with Gasteiger partial charge in [0.1, 0.15) is 5.78 Å². The van der Waals surface area contributed by atoms with Gasteiger partial charge in [0.25, 0.3) is 0 Å². The Morgan fingerprint density at radius 2 is 1.79 bits per heavy atom. The molecule has 0 bridgehead atoms. The van der Waals surface area contributed by atoms with Crippen LogP contribution >= 0.6 is 11.6 Å². The highest BCUT2D eigenvalue weighted by Crippen LogP contribution is 2.07. The van der Waals surface area contributed by atoms with Crippen LogP contribution in [0.1, 0.15) is 24.5 Å². The van der Waals surface area contributed by atoms with Gasteiger partial charge in [0.15, 0.2) is 0 Å². The zero-order valence-corrected chi connectivity index (χ0v) is 9.18. The first-order valence-corrected chi connectivity index (χ1v) is 5.45. The van der Waals surface area contributed by atoms with Crippen molar-refractivity contribution in [2.24, 2.45) is 0 Å². The van der Waals surface area contributed by atoms with Crippen molar-refractivity contribution in [2.75, 3.05) is 5.88 Å². The molecule has 1 nitrogen and oxygen atoms in total. The molecule has 0 radical (unpaired) electrons. The van der Waals surface area contributed by atoms with Crippen LogP contribution in [0.5, 0.6) is 0 Å². The third-order valence-electron chi connectivity index (χ3n) is 2.21. The van der Waals surface area contributed by atoms with Crippen LogP contribution in [0, 0.1) is 0 Å². The molecule has 2 heteroatoms. The molecule has 0 atom stereocenters. The summed E-state index contributed by atoms with van der Waals surface area (Å²) >= 11 is 5.49. The van der Waals surface area contributed by atoms with Gasteiger partial charge in [-0.25, -0.2) is 0 Å². The van der Waals surface area contributed by atoms with E-state index in [0.717, 1.165) is 12.0 Å². The van der Waals surface area contributed by atoms with Crippen LogP contribution in [0.3, 0.4) is 0 Å². The van der Waals surface area contributed by atoms with Gasteiger partial charge in [0.05, 0.1) is 0 Å². The SMILES string of the molecule is CCc1ccc(CC(=O)CCCl)cc1. The average molecular weight is 211 g/mol. The molecule has 0 unspecified atom stereocenters. The van der Waals surface area contributed by atoms with E-state index < -0.39 is 0 Å². The summed E-state index contributed by atoms with van der Waals surface area (Å²) in [6, 6.07) is 8.18. The van der Waals surface area contributed by atoms with Gasteiger partial charge in [-0.1, -0.05) is 31.2 Å².